The van der Waals surface area contributed by atoms with Crippen molar-refractivity contribution in [2.75, 3.05) is 0 Å². The van der Waals surface area contributed by atoms with Crippen molar-refractivity contribution in [1.82, 2.24) is 5.32 Å². The molecule has 1 aromatic rings. The molecule has 0 aromatic heterocycles. The Bertz CT molecular complexity index is 395. The van der Waals surface area contributed by atoms with Crippen LogP contribution in [0.2, 0.25) is 5.02 Å². The molecule has 3 nitrogen and oxygen atoms in total. The van der Waals surface area contributed by atoms with Gasteiger partial charge in [-0.15, -0.1) is 0 Å². The van der Waals surface area contributed by atoms with E-state index in [0.29, 0.717) is 5.02 Å². The number of carboxylic acid groups (broad SMARTS) is 1. The number of halogens is 1. The molecule has 0 heterocycles. The number of carboxylic acids is 1. The Balaban J connectivity index is 2.70. The summed E-state index contributed by atoms with van der Waals surface area (Å²) in [5, 5.41) is 12.9. The fraction of sp³-hybridized carbons (Fsp3) is 0.462. The van der Waals surface area contributed by atoms with Crippen LogP contribution in [-0.4, -0.2) is 17.1 Å². The Hall–Kier alpha value is -1.06. The summed E-state index contributed by atoms with van der Waals surface area (Å²) in [5.74, 6) is -1.23. The van der Waals surface area contributed by atoms with Crippen LogP contribution in [0.1, 0.15) is 32.4 Å². The molecule has 4 heteroatoms. The third kappa shape index (κ3) is 3.72. The van der Waals surface area contributed by atoms with Crippen LogP contribution in [0.15, 0.2) is 24.3 Å². The standard InChI is InChI=1S/C13H18ClNO2/c1-8(13(16)17)9(2)15-10(3)11-6-4-5-7-12(11)14/h4-10,15H,1-3H3,(H,16,17)/t8?,9?,10-/m0/s1. The third-order valence-electron chi connectivity index (χ3n) is 3.02. The lowest BCUT2D eigenvalue weighted by molar-refractivity contribution is -0.142. The number of hydrogen-bond acceptors (Lipinski definition) is 2. The van der Waals surface area contributed by atoms with E-state index in [9.17, 15) is 4.79 Å². The Labute approximate surface area is 107 Å². The maximum absolute atomic E-state index is 10.9. The van der Waals surface area contributed by atoms with Gasteiger partial charge in [0.2, 0.25) is 0 Å². The van der Waals surface area contributed by atoms with Crippen molar-refractivity contribution in [3.05, 3.63) is 34.9 Å². The molecular formula is C13H18ClNO2. The van der Waals surface area contributed by atoms with Gasteiger partial charge in [-0.2, -0.15) is 0 Å². The average Bonchev–Trinajstić information content (AvgIpc) is 2.28. The molecule has 2 unspecified atom stereocenters. The van der Waals surface area contributed by atoms with Gasteiger partial charge in [0.25, 0.3) is 0 Å². The highest BCUT2D eigenvalue weighted by atomic mass is 35.5. The van der Waals surface area contributed by atoms with Crippen molar-refractivity contribution in [2.45, 2.75) is 32.9 Å². The molecule has 0 bridgehead atoms. The van der Waals surface area contributed by atoms with E-state index < -0.39 is 11.9 Å². The summed E-state index contributed by atoms with van der Waals surface area (Å²) in [7, 11) is 0. The molecule has 0 radical (unpaired) electrons. The van der Waals surface area contributed by atoms with Gasteiger partial charge in [-0.3, -0.25) is 4.79 Å². The second kappa shape index (κ2) is 6.03. The maximum Gasteiger partial charge on any atom is 0.307 e. The first-order chi connectivity index (χ1) is 7.93. The second-order valence-corrected chi connectivity index (χ2v) is 4.73. The lowest BCUT2D eigenvalue weighted by atomic mass is 10.0. The van der Waals surface area contributed by atoms with Gasteiger partial charge in [0.1, 0.15) is 0 Å². The van der Waals surface area contributed by atoms with Gasteiger partial charge in [-0.05, 0) is 25.5 Å². The van der Waals surface area contributed by atoms with Gasteiger partial charge < -0.3 is 10.4 Å². The van der Waals surface area contributed by atoms with Crippen molar-refractivity contribution in [2.24, 2.45) is 5.92 Å². The summed E-state index contributed by atoms with van der Waals surface area (Å²) in [4.78, 5) is 10.9. The Morgan fingerprint density at radius 2 is 1.88 bits per heavy atom. The summed E-state index contributed by atoms with van der Waals surface area (Å²) in [6.07, 6.45) is 0. The highest BCUT2D eigenvalue weighted by Crippen LogP contribution is 2.23. The van der Waals surface area contributed by atoms with Crippen molar-refractivity contribution < 1.29 is 9.90 Å². The van der Waals surface area contributed by atoms with Crippen LogP contribution in [0.3, 0.4) is 0 Å². The SMILES string of the molecule is CC(N[C@@H](C)c1ccccc1Cl)C(C)C(=O)O. The van der Waals surface area contributed by atoms with Crippen LogP contribution < -0.4 is 5.32 Å². The van der Waals surface area contributed by atoms with E-state index in [-0.39, 0.29) is 12.1 Å². The number of rotatable bonds is 5. The fourth-order valence-electron chi connectivity index (χ4n) is 1.67. The third-order valence-corrected chi connectivity index (χ3v) is 3.37. The largest absolute Gasteiger partial charge is 0.481 e. The van der Waals surface area contributed by atoms with Crippen LogP contribution in [-0.2, 0) is 4.79 Å². The van der Waals surface area contributed by atoms with Gasteiger partial charge in [0.15, 0.2) is 0 Å². The minimum atomic E-state index is -0.795. The summed E-state index contributed by atoms with van der Waals surface area (Å²) < 4.78 is 0. The number of aliphatic carboxylic acids is 1. The van der Waals surface area contributed by atoms with Gasteiger partial charge in [-0.25, -0.2) is 0 Å². The molecule has 1 aromatic carbocycles. The molecule has 2 N–H and O–H groups in total. The van der Waals surface area contributed by atoms with Crippen molar-refractivity contribution >= 4 is 17.6 Å². The Morgan fingerprint density at radius 3 is 2.41 bits per heavy atom. The highest BCUT2D eigenvalue weighted by Gasteiger charge is 2.21. The molecule has 94 valence electrons. The molecular weight excluding hydrogens is 238 g/mol. The second-order valence-electron chi connectivity index (χ2n) is 4.33. The zero-order valence-electron chi connectivity index (χ0n) is 10.3. The smallest absolute Gasteiger partial charge is 0.307 e. The average molecular weight is 256 g/mol. The lowest BCUT2D eigenvalue weighted by Crippen LogP contribution is -2.37. The van der Waals surface area contributed by atoms with Crippen LogP contribution in [0.25, 0.3) is 0 Å². The summed E-state index contributed by atoms with van der Waals surface area (Å²) in [6.45, 7) is 5.54. The Kier molecular flexibility index (Phi) is 4.97. The summed E-state index contributed by atoms with van der Waals surface area (Å²) in [6, 6.07) is 7.49. The minimum absolute atomic E-state index is 0.0282. The number of nitrogens with one attached hydrogen (secondary N) is 1. The highest BCUT2D eigenvalue weighted by molar-refractivity contribution is 6.31. The van der Waals surface area contributed by atoms with E-state index in [4.69, 9.17) is 16.7 Å². The van der Waals surface area contributed by atoms with Crippen molar-refractivity contribution in [3.63, 3.8) is 0 Å². The zero-order valence-corrected chi connectivity index (χ0v) is 11.0. The quantitative estimate of drug-likeness (QED) is 0.850. The van der Waals surface area contributed by atoms with E-state index in [1.807, 2.05) is 38.1 Å². The molecule has 0 saturated heterocycles. The number of hydrogen-bond donors (Lipinski definition) is 2. The predicted octanol–water partition coefficient (Wildman–Crippen LogP) is 3.10. The topological polar surface area (TPSA) is 49.3 Å². The predicted molar refractivity (Wildman–Crippen MR) is 69.3 cm³/mol. The summed E-state index contributed by atoms with van der Waals surface area (Å²) >= 11 is 6.09. The molecule has 17 heavy (non-hydrogen) atoms. The van der Waals surface area contributed by atoms with Crippen molar-refractivity contribution in [1.29, 1.82) is 0 Å². The summed E-state index contributed by atoms with van der Waals surface area (Å²) in [5.41, 5.74) is 0.985. The van der Waals surface area contributed by atoms with Gasteiger partial charge >= 0.3 is 5.97 Å². The van der Waals surface area contributed by atoms with E-state index in [2.05, 4.69) is 5.32 Å². The number of carbonyl (C=O) groups is 1. The molecule has 3 atom stereocenters. The Morgan fingerprint density at radius 1 is 1.29 bits per heavy atom. The van der Waals surface area contributed by atoms with Crippen LogP contribution in [0, 0.1) is 5.92 Å². The molecule has 0 aliphatic rings. The molecule has 0 saturated carbocycles. The van der Waals surface area contributed by atoms with E-state index >= 15 is 0 Å². The van der Waals surface area contributed by atoms with Crippen LogP contribution in [0.4, 0.5) is 0 Å². The fourth-order valence-corrected chi connectivity index (χ4v) is 1.97. The van der Waals surface area contributed by atoms with E-state index in [0.717, 1.165) is 5.56 Å². The first-order valence-corrected chi connectivity index (χ1v) is 6.04. The molecule has 1 rings (SSSR count). The molecule has 0 aliphatic carbocycles. The first-order valence-electron chi connectivity index (χ1n) is 5.66. The monoisotopic (exact) mass is 255 g/mol. The van der Waals surface area contributed by atoms with Gasteiger partial charge in [0.05, 0.1) is 5.92 Å². The molecule has 0 spiro atoms. The first kappa shape index (κ1) is 14.0. The van der Waals surface area contributed by atoms with E-state index in [1.54, 1.807) is 6.92 Å². The maximum atomic E-state index is 10.9. The molecule has 0 fully saturated rings. The lowest BCUT2D eigenvalue weighted by Gasteiger charge is -2.23. The number of benzene rings is 1. The van der Waals surface area contributed by atoms with Crippen molar-refractivity contribution in [3.8, 4) is 0 Å². The van der Waals surface area contributed by atoms with Crippen LogP contribution in [0.5, 0.6) is 0 Å². The molecule has 0 aliphatic heterocycles. The van der Waals surface area contributed by atoms with E-state index in [1.165, 1.54) is 0 Å². The minimum Gasteiger partial charge on any atom is -0.481 e. The molecule has 0 amide bonds. The van der Waals surface area contributed by atoms with Gasteiger partial charge in [-0.1, -0.05) is 36.7 Å². The zero-order chi connectivity index (χ0) is 13.0. The normalized spacial score (nSPS) is 16.2. The van der Waals surface area contributed by atoms with Crippen LogP contribution >= 0.6 is 11.6 Å². The van der Waals surface area contributed by atoms with Gasteiger partial charge in [0, 0.05) is 17.1 Å².